The molecule has 0 spiro atoms. The highest BCUT2D eigenvalue weighted by Crippen LogP contribution is 2.30. The van der Waals surface area contributed by atoms with Gasteiger partial charge in [0, 0.05) is 12.3 Å². The average Bonchev–Trinajstić information content (AvgIpc) is 2.56. The third-order valence-corrected chi connectivity index (χ3v) is 3.32. The summed E-state index contributed by atoms with van der Waals surface area (Å²) in [7, 11) is 0. The van der Waals surface area contributed by atoms with Crippen molar-refractivity contribution in [3.63, 3.8) is 0 Å². The van der Waals surface area contributed by atoms with E-state index in [2.05, 4.69) is 31.2 Å². The maximum Gasteiger partial charge on any atom is 0.136 e. The van der Waals surface area contributed by atoms with Crippen LogP contribution in [0.2, 0.25) is 0 Å². The summed E-state index contributed by atoms with van der Waals surface area (Å²) in [6, 6.07) is 10.4. The van der Waals surface area contributed by atoms with Crippen molar-refractivity contribution in [1.29, 1.82) is 0 Å². The molecule has 2 unspecified atom stereocenters. The standard InChI is InChI=1S/C14H18O/c1-11-9-13(14(15)10-11)8-7-12-5-3-2-4-6-12/h2-6,11,13H,7-10H2,1H3. The zero-order chi connectivity index (χ0) is 10.7. The van der Waals surface area contributed by atoms with Crippen LogP contribution in [0.5, 0.6) is 0 Å². The second-order valence-electron chi connectivity index (χ2n) is 4.73. The third-order valence-electron chi connectivity index (χ3n) is 3.32. The summed E-state index contributed by atoms with van der Waals surface area (Å²) in [4.78, 5) is 11.6. The molecule has 1 aromatic carbocycles. The average molecular weight is 202 g/mol. The Labute approximate surface area is 91.5 Å². The maximum absolute atomic E-state index is 11.6. The monoisotopic (exact) mass is 202 g/mol. The van der Waals surface area contributed by atoms with E-state index in [1.54, 1.807) is 0 Å². The topological polar surface area (TPSA) is 17.1 Å². The second kappa shape index (κ2) is 4.61. The van der Waals surface area contributed by atoms with Crippen LogP contribution in [0.1, 0.15) is 31.7 Å². The Morgan fingerprint density at radius 1 is 1.27 bits per heavy atom. The van der Waals surface area contributed by atoms with Gasteiger partial charge in [-0.05, 0) is 30.7 Å². The molecule has 0 radical (unpaired) electrons. The summed E-state index contributed by atoms with van der Waals surface area (Å²) in [5.41, 5.74) is 1.35. The Bertz CT molecular complexity index is 328. The lowest BCUT2D eigenvalue weighted by atomic mass is 9.97. The quantitative estimate of drug-likeness (QED) is 0.735. The van der Waals surface area contributed by atoms with Crippen molar-refractivity contribution in [2.24, 2.45) is 11.8 Å². The van der Waals surface area contributed by atoms with E-state index < -0.39 is 0 Å². The number of aryl methyl sites for hydroxylation is 1. The minimum Gasteiger partial charge on any atom is -0.299 e. The maximum atomic E-state index is 11.6. The molecule has 1 aliphatic rings. The SMILES string of the molecule is CC1CC(=O)C(CCc2ccccc2)C1. The van der Waals surface area contributed by atoms with E-state index in [0.717, 1.165) is 25.7 Å². The summed E-state index contributed by atoms with van der Waals surface area (Å²) >= 11 is 0. The van der Waals surface area contributed by atoms with Crippen molar-refractivity contribution in [1.82, 2.24) is 0 Å². The molecular weight excluding hydrogens is 184 g/mol. The summed E-state index contributed by atoms with van der Waals surface area (Å²) in [6.07, 6.45) is 3.99. The molecule has 1 saturated carbocycles. The molecule has 0 aromatic heterocycles. The first kappa shape index (κ1) is 10.4. The van der Waals surface area contributed by atoms with Crippen LogP contribution >= 0.6 is 0 Å². The first-order valence-corrected chi connectivity index (χ1v) is 5.82. The molecule has 15 heavy (non-hydrogen) atoms. The lowest BCUT2D eigenvalue weighted by molar-refractivity contribution is -0.120. The fraction of sp³-hybridized carbons (Fsp3) is 0.500. The molecule has 0 N–H and O–H groups in total. The molecule has 2 rings (SSSR count). The van der Waals surface area contributed by atoms with Crippen molar-refractivity contribution in [3.8, 4) is 0 Å². The minimum atomic E-state index is 0.334. The van der Waals surface area contributed by atoms with E-state index in [4.69, 9.17) is 0 Å². The highest BCUT2D eigenvalue weighted by molar-refractivity contribution is 5.83. The number of carbonyl (C=O) groups is 1. The molecule has 0 bridgehead atoms. The van der Waals surface area contributed by atoms with E-state index >= 15 is 0 Å². The fourth-order valence-corrected chi connectivity index (χ4v) is 2.48. The van der Waals surface area contributed by atoms with Crippen LogP contribution in [0.4, 0.5) is 0 Å². The van der Waals surface area contributed by atoms with Gasteiger partial charge in [0.25, 0.3) is 0 Å². The summed E-state index contributed by atoms with van der Waals surface area (Å²) in [5.74, 6) is 1.43. The van der Waals surface area contributed by atoms with E-state index in [9.17, 15) is 4.79 Å². The van der Waals surface area contributed by atoms with Gasteiger partial charge in [-0.15, -0.1) is 0 Å². The summed E-state index contributed by atoms with van der Waals surface area (Å²) in [6.45, 7) is 2.18. The van der Waals surface area contributed by atoms with Crippen molar-refractivity contribution >= 4 is 5.78 Å². The number of ketones is 1. The predicted molar refractivity (Wildman–Crippen MR) is 61.7 cm³/mol. The first-order chi connectivity index (χ1) is 7.25. The van der Waals surface area contributed by atoms with Crippen molar-refractivity contribution in [3.05, 3.63) is 35.9 Å². The van der Waals surface area contributed by atoms with Gasteiger partial charge in [0.2, 0.25) is 0 Å². The first-order valence-electron chi connectivity index (χ1n) is 5.82. The largest absolute Gasteiger partial charge is 0.299 e. The number of rotatable bonds is 3. The zero-order valence-corrected chi connectivity index (χ0v) is 9.28. The molecule has 0 heterocycles. The van der Waals surface area contributed by atoms with Gasteiger partial charge in [-0.1, -0.05) is 37.3 Å². The van der Waals surface area contributed by atoms with Crippen molar-refractivity contribution in [2.75, 3.05) is 0 Å². The van der Waals surface area contributed by atoms with Crippen molar-refractivity contribution in [2.45, 2.75) is 32.6 Å². The smallest absolute Gasteiger partial charge is 0.136 e. The number of Topliss-reactive ketones (excluding diaryl/α,β-unsaturated/α-hetero) is 1. The van der Waals surface area contributed by atoms with Gasteiger partial charge in [-0.2, -0.15) is 0 Å². The van der Waals surface area contributed by atoms with Gasteiger partial charge in [0.1, 0.15) is 5.78 Å². The molecule has 1 aromatic rings. The van der Waals surface area contributed by atoms with Gasteiger partial charge in [0.05, 0.1) is 0 Å². The molecule has 0 amide bonds. The molecule has 0 saturated heterocycles. The summed E-state index contributed by atoms with van der Waals surface area (Å²) < 4.78 is 0. The van der Waals surface area contributed by atoms with E-state index in [-0.39, 0.29) is 0 Å². The Morgan fingerprint density at radius 3 is 2.60 bits per heavy atom. The molecule has 80 valence electrons. The Morgan fingerprint density at radius 2 is 2.00 bits per heavy atom. The Kier molecular flexibility index (Phi) is 3.20. The molecular formula is C14H18O. The third kappa shape index (κ3) is 2.68. The Hall–Kier alpha value is -1.11. The Balaban J connectivity index is 1.86. The highest BCUT2D eigenvalue weighted by Gasteiger charge is 2.28. The number of carbonyl (C=O) groups excluding carboxylic acids is 1. The van der Waals surface area contributed by atoms with Crippen LogP contribution in [-0.4, -0.2) is 5.78 Å². The molecule has 1 heteroatoms. The van der Waals surface area contributed by atoms with Crippen LogP contribution < -0.4 is 0 Å². The second-order valence-corrected chi connectivity index (χ2v) is 4.73. The predicted octanol–water partition coefficient (Wildman–Crippen LogP) is 3.23. The number of benzene rings is 1. The summed E-state index contributed by atoms with van der Waals surface area (Å²) in [5, 5.41) is 0. The lowest BCUT2D eigenvalue weighted by Crippen LogP contribution is -2.07. The van der Waals surface area contributed by atoms with Gasteiger partial charge in [-0.25, -0.2) is 0 Å². The zero-order valence-electron chi connectivity index (χ0n) is 9.28. The van der Waals surface area contributed by atoms with E-state index in [1.165, 1.54) is 5.56 Å². The van der Waals surface area contributed by atoms with Gasteiger partial charge in [-0.3, -0.25) is 4.79 Å². The van der Waals surface area contributed by atoms with Crippen LogP contribution in [0.15, 0.2) is 30.3 Å². The van der Waals surface area contributed by atoms with Gasteiger partial charge in [0.15, 0.2) is 0 Å². The van der Waals surface area contributed by atoms with Crippen LogP contribution in [-0.2, 0) is 11.2 Å². The van der Waals surface area contributed by atoms with E-state index in [0.29, 0.717) is 17.6 Å². The van der Waals surface area contributed by atoms with Crippen LogP contribution in [0.25, 0.3) is 0 Å². The number of hydrogen-bond acceptors (Lipinski definition) is 1. The van der Waals surface area contributed by atoms with Gasteiger partial charge >= 0.3 is 0 Å². The fourth-order valence-electron chi connectivity index (χ4n) is 2.48. The van der Waals surface area contributed by atoms with Crippen LogP contribution in [0, 0.1) is 11.8 Å². The normalized spacial score (nSPS) is 25.8. The van der Waals surface area contributed by atoms with Gasteiger partial charge < -0.3 is 0 Å². The molecule has 2 atom stereocenters. The number of hydrogen-bond donors (Lipinski definition) is 0. The van der Waals surface area contributed by atoms with E-state index in [1.807, 2.05) is 6.07 Å². The molecule has 1 nitrogen and oxygen atoms in total. The van der Waals surface area contributed by atoms with Crippen LogP contribution in [0.3, 0.4) is 0 Å². The minimum absolute atomic E-state index is 0.334. The van der Waals surface area contributed by atoms with Crippen molar-refractivity contribution < 1.29 is 4.79 Å². The molecule has 0 aliphatic heterocycles. The molecule has 1 aliphatic carbocycles. The lowest BCUT2D eigenvalue weighted by Gasteiger charge is -2.07. The highest BCUT2D eigenvalue weighted by atomic mass is 16.1. The molecule has 1 fully saturated rings.